The van der Waals surface area contributed by atoms with Gasteiger partial charge in [-0.15, -0.1) is 0 Å². The largest absolute Gasteiger partial charge is 0.464 e. The SMILES string of the molecule is NC(N)=NC(=O)c1cc(C(=O)N=C(N)N(CS(=O)(=O)O)CS(=O)(=O)O)cc(-c2cccc3occc23)c1. The van der Waals surface area contributed by atoms with Crippen LogP contribution >= 0.6 is 0 Å². The van der Waals surface area contributed by atoms with E-state index in [9.17, 15) is 26.4 Å². The molecule has 0 atom stereocenters. The third-order valence-electron chi connectivity index (χ3n) is 4.64. The maximum Gasteiger partial charge on any atom is 0.283 e. The summed E-state index contributed by atoms with van der Waals surface area (Å²) >= 11 is 0. The molecule has 3 aromatic rings. The molecule has 0 aliphatic heterocycles. The number of guanidine groups is 2. The lowest BCUT2D eigenvalue weighted by Gasteiger charge is -2.19. The van der Waals surface area contributed by atoms with E-state index in [0.717, 1.165) is 6.07 Å². The molecule has 2 aromatic carbocycles. The van der Waals surface area contributed by atoms with Gasteiger partial charge in [-0.3, -0.25) is 18.7 Å². The van der Waals surface area contributed by atoms with E-state index < -0.39 is 55.7 Å². The highest BCUT2D eigenvalue weighted by Gasteiger charge is 2.23. The number of carbonyl (C=O) groups is 2. The smallest absolute Gasteiger partial charge is 0.283 e. The van der Waals surface area contributed by atoms with Gasteiger partial charge in [-0.25, -0.2) is 0 Å². The molecule has 0 saturated carbocycles. The number of hydrogen-bond donors (Lipinski definition) is 5. The first-order valence-corrected chi connectivity index (χ1v) is 13.1. The molecular formula is C20H20N6O9S2. The van der Waals surface area contributed by atoms with E-state index in [1.807, 2.05) is 0 Å². The zero-order chi connectivity index (χ0) is 27.5. The van der Waals surface area contributed by atoms with Crippen molar-refractivity contribution in [3.05, 3.63) is 59.9 Å². The normalized spacial score (nSPS) is 12.3. The minimum absolute atomic E-state index is 0.128. The van der Waals surface area contributed by atoms with E-state index in [0.29, 0.717) is 22.1 Å². The highest BCUT2D eigenvalue weighted by molar-refractivity contribution is 7.86. The van der Waals surface area contributed by atoms with Crippen LogP contribution in [0.5, 0.6) is 0 Å². The second-order valence-corrected chi connectivity index (χ2v) is 10.4. The Bertz CT molecular complexity index is 1620. The van der Waals surface area contributed by atoms with Crippen molar-refractivity contribution in [3.8, 4) is 11.1 Å². The number of carbonyl (C=O) groups excluding carboxylic acids is 2. The van der Waals surface area contributed by atoms with Gasteiger partial charge in [-0.1, -0.05) is 12.1 Å². The Labute approximate surface area is 209 Å². The number of amides is 2. The van der Waals surface area contributed by atoms with Crippen LogP contribution in [0.1, 0.15) is 20.7 Å². The Morgan fingerprint density at radius 1 is 0.865 bits per heavy atom. The number of furan rings is 1. The van der Waals surface area contributed by atoms with E-state index in [4.69, 9.17) is 30.7 Å². The molecule has 37 heavy (non-hydrogen) atoms. The van der Waals surface area contributed by atoms with Crippen LogP contribution in [0.15, 0.2) is 63.1 Å². The topological polar surface area (TPSA) is 262 Å². The van der Waals surface area contributed by atoms with Gasteiger partial charge in [-0.2, -0.15) is 26.8 Å². The maximum atomic E-state index is 13.0. The average Bonchev–Trinajstić information content (AvgIpc) is 3.25. The third kappa shape index (κ3) is 7.34. The summed E-state index contributed by atoms with van der Waals surface area (Å²) in [5.41, 5.74) is 17.2. The lowest BCUT2D eigenvalue weighted by Crippen LogP contribution is -2.44. The maximum absolute atomic E-state index is 13.0. The highest BCUT2D eigenvalue weighted by atomic mass is 32.2. The Morgan fingerprint density at radius 3 is 1.97 bits per heavy atom. The van der Waals surface area contributed by atoms with Crippen LogP contribution in [-0.4, -0.2) is 66.3 Å². The van der Waals surface area contributed by atoms with E-state index in [-0.39, 0.29) is 16.0 Å². The fourth-order valence-electron chi connectivity index (χ4n) is 3.26. The van der Waals surface area contributed by atoms with Crippen molar-refractivity contribution < 1.29 is 39.9 Å². The van der Waals surface area contributed by atoms with E-state index >= 15 is 0 Å². The number of nitrogens with zero attached hydrogens (tertiary/aromatic N) is 3. The summed E-state index contributed by atoms with van der Waals surface area (Å²) in [5.74, 6) is -6.31. The second-order valence-electron chi connectivity index (χ2n) is 7.52. The Kier molecular flexibility index (Phi) is 7.63. The molecule has 0 saturated heterocycles. The molecule has 3 rings (SSSR count). The molecule has 0 bridgehead atoms. The molecule has 15 nitrogen and oxygen atoms in total. The highest BCUT2D eigenvalue weighted by Crippen LogP contribution is 2.31. The molecule has 2 amide bonds. The fourth-order valence-corrected chi connectivity index (χ4v) is 4.61. The van der Waals surface area contributed by atoms with Crippen molar-refractivity contribution in [2.45, 2.75) is 0 Å². The molecule has 0 aliphatic rings. The standard InChI is InChI=1S/C20H20N6O9S2/c21-19(22)24-17(27)12-6-11(14-2-1-3-16-15(14)4-5-35-16)7-13(8-12)18(28)25-20(23)26(9-36(29,30)31)10-37(32,33)34/h1-8H,9-10H2,(H2,23,25,28)(H,29,30,31)(H,32,33,34)(H4,21,22,24,27). The predicted molar refractivity (Wildman–Crippen MR) is 132 cm³/mol. The van der Waals surface area contributed by atoms with Crippen molar-refractivity contribution in [3.63, 3.8) is 0 Å². The number of fused-ring (bicyclic) bond motifs is 1. The lowest BCUT2D eigenvalue weighted by atomic mass is 9.97. The number of rotatable bonds is 7. The molecule has 0 spiro atoms. The Hall–Kier alpha value is -4.32. The van der Waals surface area contributed by atoms with Crippen LogP contribution in [0.2, 0.25) is 0 Å². The quantitative estimate of drug-likeness (QED) is 0.146. The van der Waals surface area contributed by atoms with Gasteiger partial charge in [0, 0.05) is 16.5 Å². The van der Waals surface area contributed by atoms with E-state index in [1.54, 1.807) is 24.3 Å². The second kappa shape index (κ2) is 10.3. The number of aliphatic imine (C=N–C) groups is 2. The van der Waals surface area contributed by atoms with Gasteiger partial charge in [0.05, 0.1) is 6.26 Å². The number of hydrogen-bond acceptors (Lipinski definition) is 7. The molecule has 17 heteroatoms. The molecule has 0 fully saturated rings. The van der Waals surface area contributed by atoms with Crippen LogP contribution in [0, 0.1) is 0 Å². The van der Waals surface area contributed by atoms with Crippen molar-refractivity contribution in [2.75, 3.05) is 11.8 Å². The van der Waals surface area contributed by atoms with Crippen LogP contribution < -0.4 is 17.2 Å². The van der Waals surface area contributed by atoms with E-state index in [1.165, 1.54) is 18.4 Å². The van der Waals surface area contributed by atoms with Gasteiger partial charge < -0.3 is 26.5 Å². The van der Waals surface area contributed by atoms with Crippen molar-refractivity contribution >= 4 is 54.9 Å². The fraction of sp³-hybridized carbons (Fsp3) is 0.100. The van der Waals surface area contributed by atoms with E-state index in [2.05, 4.69) is 9.98 Å². The van der Waals surface area contributed by atoms with Crippen molar-refractivity contribution in [1.29, 1.82) is 0 Å². The lowest BCUT2D eigenvalue weighted by molar-refractivity contribution is 0.100. The first-order valence-electron chi connectivity index (χ1n) is 9.92. The summed E-state index contributed by atoms with van der Waals surface area (Å²) < 4.78 is 68.5. The summed E-state index contributed by atoms with van der Waals surface area (Å²) in [6, 6.07) is 10.5. The van der Waals surface area contributed by atoms with Gasteiger partial charge in [0.1, 0.15) is 17.3 Å². The van der Waals surface area contributed by atoms with Gasteiger partial charge in [0.2, 0.25) is 5.96 Å². The Balaban J connectivity index is 2.13. The minimum atomic E-state index is -4.84. The van der Waals surface area contributed by atoms with Crippen LogP contribution in [-0.2, 0) is 20.2 Å². The molecule has 1 aromatic heterocycles. The number of nitrogens with two attached hydrogens (primary N) is 3. The zero-order valence-electron chi connectivity index (χ0n) is 18.7. The summed E-state index contributed by atoms with van der Waals surface area (Å²) in [6.45, 7) is 0. The summed E-state index contributed by atoms with van der Waals surface area (Å²) in [4.78, 5) is 32.7. The molecule has 0 radical (unpaired) electrons. The minimum Gasteiger partial charge on any atom is -0.464 e. The number of benzene rings is 2. The monoisotopic (exact) mass is 552 g/mol. The molecule has 0 unspecified atom stereocenters. The molecule has 1 heterocycles. The first kappa shape index (κ1) is 27.3. The average molecular weight is 553 g/mol. The van der Waals surface area contributed by atoms with Crippen LogP contribution in [0.4, 0.5) is 0 Å². The van der Waals surface area contributed by atoms with Gasteiger partial charge in [-0.05, 0) is 41.5 Å². The summed E-state index contributed by atoms with van der Waals surface area (Å²) in [5, 5.41) is 0.642. The van der Waals surface area contributed by atoms with Crippen LogP contribution in [0.25, 0.3) is 22.1 Å². The summed E-state index contributed by atoms with van der Waals surface area (Å²) in [7, 11) is -9.68. The molecular weight excluding hydrogens is 532 g/mol. The summed E-state index contributed by atoms with van der Waals surface area (Å²) in [6.07, 6.45) is 1.44. The first-order chi connectivity index (χ1) is 17.1. The van der Waals surface area contributed by atoms with Gasteiger partial charge in [0.25, 0.3) is 32.1 Å². The van der Waals surface area contributed by atoms with Gasteiger partial charge in [0.15, 0.2) is 5.96 Å². The Morgan fingerprint density at radius 2 is 1.43 bits per heavy atom. The van der Waals surface area contributed by atoms with Gasteiger partial charge >= 0.3 is 0 Å². The predicted octanol–water partition coefficient (Wildman–Crippen LogP) is -0.0391. The zero-order valence-corrected chi connectivity index (χ0v) is 20.3. The third-order valence-corrected chi connectivity index (χ3v) is 5.92. The van der Waals surface area contributed by atoms with Crippen LogP contribution in [0.3, 0.4) is 0 Å². The molecule has 8 N–H and O–H groups in total. The van der Waals surface area contributed by atoms with Crippen molar-refractivity contribution in [2.24, 2.45) is 27.2 Å². The molecule has 0 aliphatic carbocycles. The molecule has 196 valence electrons. The van der Waals surface area contributed by atoms with Crippen molar-refractivity contribution in [1.82, 2.24) is 4.90 Å².